The van der Waals surface area contributed by atoms with Crippen molar-refractivity contribution in [3.05, 3.63) is 65.7 Å². The van der Waals surface area contributed by atoms with Crippen molar-refractivity contribution >= 4 is 82.2 Å². The summed E-state index contributed by atoms with van der Waals surface area (Å²) in [7, 11) is 8.51. The molecule has 2 heterocycles. The fraction of sp³-hybridized carbons (Fsp3) is 0.689. The second kappa shape index (κ2) is 43.1. The molecule has 2 fully saturated rings. The molecule has 1 unspecified atom stereocenters. The van der Waals surface area contributed by atoms with Crippen molar-refractivity contribution in [3.8, 4) is 0 Å². The molecule has 2 aliphatic rings. The number of hydrogen-bond acceptors (Lipinski definition) is 17. The molecular formula is C74H118N8O15S. The maximum Gasteiger partial charge on any atom is 0.410 e. The van der Waals surface area contributed by atoms with E-state index in [4.69, 9.17) is 19.9 Å². The highest BCUT2D eigenvalue weighted by atomic mass is 32.2. The predicted octanol–water partition coefficient (Wildman–Crippen LogP) is 9.59. The van der Waals surface area contributed by atoms with Crippen molar-refractivity contribution in [2.75, 3.05) is 66.6 Å². The number of aliphatic hydroxyl groups is 1. The molecule has 4 rings (SSSR count). The summed E-state index contributed by atoms with van der Waals surface area (Å²) in [6.07, 6.45) is 5.59. The number of likely N-dealkylation sites (N-methyl/N-ethyl adjacent to an activating group) is 3. The zero-order valence-corrected chi connectivity index (χ0v) is 62.4. The number of anilines is 1. The zero-order chi connectivity index (χ0) is 73.7. The summed E-state index contributed by atoms with van der Waals surface area (Å²) in [4.78, 5) is 150. The average Bonchev–Trinajstić information content (AvgIpc) is 1.20. The summed E-state index contributed by atoms with van der Waals surface area (Å²) in [6, 6.07) is 13.5. The number of nitrogens with one attached hydrogen (secondary N) is 3. The van der Waals surface area contributed by atoms with E-state index in [1.807, 2.05) is 85.7 Å². The van der Waals surface area contributed by atoms with E-state index in [0.29, 0.717) is 55.9 Å². The molecule has 98 heavy (non-hydrogen) atoms. The SMILES string of the molecule is CC[C@H](C)[C@@H]([C@@H](CC(C)=O)OC)N(C)C(=O)[C@@H](CC(=O)[C@H](C(C)C)N(C)C(=O)OCc1ccc(NC(=O)[C@H](CCCNC(N)=O)CC(=O)[C@@H](NC(=O)CCCCCN2C(=O)CC(SC)C2=O)C(C)C)cc1)C(C)C.CO[C@H]([C@@H](C)C(=O)C[C@H](C)[C@@H](O)c1ccccc1)[C@@H]1CCCN1C. The number of nitrogens with two attached hydrogens (primary N) is 1. The molecule has 23 nitrogen and oxygen atoms in total. The first-order chi connectivity index (χ1) is 46.2. The third-order valence-electron chi connectivity index (χ3n) is 19.4. The Morgan fingerprint density at radius 3 is 1.95 bits per heavy atom. The molecule has 2 aromatic rings. The first kappa shape index (κ1) is 85.6. The van der Waals surface area contributed by atoms with Crippen LogP contribution in [0, 0.1) is 47.3 Å². The van der Waals surface area contributed by atoms with Gasteiger partial charge in [0.2, 0.25) is 29.5 Å². The molecule has 0 aliphatic carbocycles. The summed E-state index contributed by atoms with van der Waals surface area (Å²) in [5.74, 6) is -4.50. The lowest BCUT2D eigenvalue weighted by Gasteiger charge is -2.40. The first-order valence-corrected chi connectivity index (χ1v) is 36.4. The van der Waals surface area contributed by atoms with Crippen LogP contribution >= 0.6 is 11.8 Å². The van der Waals surface area contributed by atoms with Crippen LogP contribution in [0.2, 0.25) is 0 Å². The number of likely N-dealkylation sites (tertiary alicyclic amines) is 2. The Balaban J connectivity index is 0.000000866. The lowest BCUT2D eigenvalue weighted by Crippen LogP contribution is -2.53. The maximum absolute atomic E-state index is 14.2. The molecule has 0 bridgehead atoms. The van der Waals surface area contributed by atoms with Gasteiger partial charge in [0.25, 0.3) is 0 Å². The van der Waals surface area contributed by atoms with Crippen molar-refractivity contribution in [1.82, 2.24) is 30.2 Å². The highest BCUT2D eigenvalue weighted by molar-refractivity contribution is 8.00. The third kappa shape index (κ3) is 26.8. The van der Waals surface area contributed by atoms with Gasteiger partial charge in [-0.2, -0.15) is 11.8 Å². The second-order valence-electron chi connectivity index (χ2n) is 28.0. The number of hydrogen-bond donors (Lipinski definition) is 5. The number of carbonyl (C=O) groups is 11. The van der Waals surface area contributed by atoms with Crippen LogP contribution in [0.4, 0.5) is 15.3 Å². The Hall–Kier alpha value is -6.60. The van der Waals surface area contributed by atoms with Crippen molar-refractivity contribution in [2.45, 2.75) is 220 Å². The third-order valence-corrected chi connectivity index (χ3v) is 20.3. The van der Waals surface area contributed by atoms with Gasteiger partial charge in [0, 0.05) is 109 Å². The van der Waals surface area contributed by atoms with Crippen LogP contribution in [0.1, 0.15) is 183 Å². The van der Waals surface area contributed by atoms with Crippen molar-refractivity contribution in [3.63, 3.8) is 0 Å². The quantitative estimate of drug-likeness (QED) is 0.0305. The number of thioether (sulfide) groups is 1. The van der Waals surface area contributed by atoms with Crippen LogP contribution in [0.15, 0.2) is 54.6 Å². The molecule has 550 valence electrons. The van der Waals surface area contributed by atoms with E-state index < -0.39 is 60.2 Å². The molecule has 0 spiro atoms. The minimum absolute atomic E-state index is 0.00536. The number of unbranched alkanes of at least 4 members (excludes halogenated alkanes) is 2. The van der Waals surface area contributed by atoms with Gasteiger partial charge in [-0.05, 0) is 118 Å². The van der Waals surface area contributed by atoms with E-state index in [9.17, 15) is 57.8 Å². The predicted molar refractivity (Wildman–Crippen MR) is 381 cm³/mol. The Morgan fingerprint density at radius 2 is 1.42 bits per heavy atom. The van der Waals surface area contributed by atoms with Gasteiger partial charge in [-0.25, -0.2) is 9.59 Å². The van der Waals surface area contributed by atoms with Crippen LogP contribution in [-0.2, 0) is 64.0 Å². The number of imide groups is 1. The number of primary amides is 1. The molecular weight excluding hydrogens is 1270 g/mol. The standard InChI is InChI=1S/C54H87N7O12S.C20H31NO3/c1-14-35(8)49(43(72-12)27-36(9)62)59(10)51(68)40(32(2)3)29-42(64)48(34(6)7)60(11)54(71)73-31-37-21-23-39(24-22-37)57-50(67)38(19-18-25-56-53(55)70)28-41(63)47(33(4)5)58-45(65)20-16-15-17-26-61-46(66)30-44(74-13)52(61)69;1-14(19(23)16-9-6-5-7-10-16)13-18(22)15(2)20(24-4)17-11-8-12-21(17)3/h21-24,32-35,38,40,43-44,47-49H,14-20,25-31H2,1-13H3,(H,57,67)(H,58,65)(H3,55,56,70);5-7,9-10,14-15,17,19-20,23H,8,11-13H2,1-4H3/t35-,38+,40-,43+,44?,47-,48-,49-;14-,15-,17-,19+,20+/m00/s1. The summed E-state index contributed by atoms with van der Waals surface area (Å²) >= 11 is 1.36. The van der Waals surface area contributed by atoms with Gasteiger partial charge in [0.1, 0.15) is 18.2 Å². The molecule has 2 aromatic carbocycles. The van der Waals surface area contributed by atoms with E-state index in [1.165, 1.54) is 42.6 Å². The number of carbonyl (C=O) groups excluding carboxylic acids is 11. The number of urea groups is 1. The van der Waals surface area contributed by atoms with Crippen LogP contribution in [-0.4, -0.2) is 192 Å². The number of nitrogens with zero attached hydrogens (tertiary/aromatic N) is 4. The van der Waals surface area contributed by atoms with E-state index in [0.717, 1.165) is 31.4 Å². The Bertz CT molecular complexity index is 2900. The zero-order valence-electron chi connectivity index (χ0n) is 61.6. The Morgan fingerprint density at radius 1 is 0.765 bits per heavy atom. The van der Waals surface area contributed by atoms with Crippen LogP contribution < -0.4 is 21.7 Å². The number of Topliss-reactive ketones (excluding diaryl/α,β-unsaturated/α-hetero) is 4. The van der Waals surface area contributed by atoms with E-state index in [-0.39, 0.29) is 145 Å². The Kier molecular flexibility index (Phi) is 37.7. The molecule has 8 amide bonds. The molecule has 6 N–H and O–H groups in total. The first-order valence-electron chi connectivity index (χ1n) is 35.1. The lowest BCUT2D eigenvalue weighted by atomic mass is 9.83. The summed E-state index contributed by atoms with van der Waals surface area (Å²) in [5, 5.41) is 18.3. The molecule has 13 atom stereocenters. The van der Waals surface area contributed by atoms with Gasteiger partial charge < -0.3 is 55.7 Å². The number of benzene rings is 2. The summed E-state index contributed by atoms with van der Waals surface area (Å²) in [6.45, 7) is 21.8. The summed E-state index contributed by atoms with van der Waals surface area (Å²) in [5.41, 5.74) is 7.09. The summed E-state index contributed by atoms with van der Waals surface area (Å²) < 4.78 is 17.1. The average molecular weight is 1390 g/mol. The van der Waals surface area contributed by atoms with Crippen molar-refractivity contribution in [1.29, 1.82) is 0 Å². The smallest absolute Gasteiger partial charge is 0.410 e. The highest BCUT2D eigenvalue weighted by Crippen LogP contribution is 2.32. The normalized spacial score (nSPS) is 18.2. The van der Waals surface area contributed by atoms with Gasteiger partial charge in [-0.3, -0.25) is 48.1 Å². The van der Waals surface area contributed by atoms with Gasteiger partial charge in [-0.1, -0.05) is 125 Å². The van der Waals surface area contributed by atoms with Gasteiger partial charge in [0.05, 0.1) is 41.7 Å². The number of rotatable bonds is 42. The topological polar surface area (TPSA) is 311 Å². The lowest BCUT2D eigenvalue weighted by molar-refractivity contribution is -0.146. The van der Waals surface area contributed by atoms with E-state index in [1.54, 1.807) is 63.4 Å². The number of amides is 8. The molecule has 2 saturated heterocycles. The molecule has 2 aliphatic heterocycles. The van der Waals surface area contributed by atoms with Crippen LogP contribution in [0.5, 0.6) is 0 Å². The number of ether oxygens (including phenoxy) is 3. The number of methoxy groups -OCH3 is 2. The molecule has 0 radical (unpaired) electrons. The minimum atomic E-state index is -0.898. The van der Waals surface area contributed by atoms with Crippen molar-refractivity contribution < 1.29 is 72.1 Å². The molecule has 0 saturated carbocycles. The van der Waals surface area contributed by atoms with E-state index >= 15 is 0 Å². The van der Waals surface area contributed by atoms with Gasteiger partial charge in [0.15, 0.2) is 11.6 Å². The molecule has 24 heteroatoms. The maximum atomic E-state index is 14.2. The number of aliphatic hydroxyl groups excluding tert-OH is 1. The molecule has 0 aromatic heterocycles. The Labute approximate surface area is 587 Å². The fourth-order valence-corrected chi connectivity index (χ4v) is 13.9. The van der Waals surface area contributed by atoms with Crippen LogP contribution in [0.25, 0.3) is 0 Å². The van der Waals surface area contributed by atoms with E-state index in [2.05, 4.69) is 27.9 Å². The number of ketones is 4. The minimum Gasteiger partial charge on any atom is -0.445 e. The van der Waals surface area contributed by atoms with Gasteiger partial charge >= 0.3 is 12.1 Å². The second-order valence-corrected chi connectivity index (χ2v) is 29.0. The monoisotopic (exact) mass is 1390 g/mol. The van der Waals surface area contributed by atoms with Crippen LogP contribution in [0.3, 0.4) is 0 Å². The largest absolute Gasteiger partial charge is 0.445 e. The fourth-order valence-electron chi connectivity index (χ4n) is 13.3. The highest BCUT2D eigenvalue weighted by Gasteiger charge is 2.42. The van der Waals surface area contributed by atoms with Gasteiger partial charge in [-0.15, -0.1) is 0 Å². The van der Waals surface area contributed by atoms with Crippen molar-refractivity contribution in [2.24, 2.45) is 53.1 Å².